The summed E-state index contributed by atoms with van der Waals surface area (Å²) < 4.78 is 5.34. The van der Waals surface area contributed by atoms with Gasteiger partial charge in [0, 0.05) is 24.7 Å². The van der Waals surface area contributed by atoms with Crippen molar-refractivity contribution >= 4 is 35.0 Å². The largest absolute Gasteiger partial charge is 0.494 e. The molecule has 0 unspecified atom stereocenters. The number of amides is 2. The van der Waals surface area contributed by atoms with E-state index in [4.69, 9.17) is 4.74 Å². The second-order valence-corrected chi connectivity index (χ2v) is 5.38. The van der Waals surface area contributed by atoms with Crippen LogP contribution in [0.2, 0.25) is 0 Å². The van der Waals surface area contributed by atoms with Gasteiger partial charge in [-0.25, -0.2) is 0 Å². The molecule has 2 amide bonds. The lowest BCUT2D eigenvalue weighted by atomic mass is 10.2. The van der Waals surface area contributed by atoms with E-state index >= 15 is 0 Å². The van der Waals surface area contributed by atoms with Crippen molar-refractivity contribution in [1.82, 2.24) is 0 Å². The molecule has 0 saturated carbocycles. The third-order valence-electron chi connectivity index (χ3n) is 3.10. The maximum Gasteiger partial charge on any atom is 0.234 e. The SMILES string of the molecule is COc1cc(NC(=O)CSC)ccc1N1CCCC1=O. The van der Waals surface area contributed by atoms with E-state index < -0.39 is 0 Å². The van der Waals surface area contributed by atoms with Gasteiger partial charge in [-0.1, -0.05) is 0 Å². The first-order chi connectivity index (χ1) is 9.65. The Balaban J connectivity index is 2.19. The molecule has 6 heteroatoms. The van der Waals surface area contributed by atoms with Crippen LogP contribution in [0.4, 0.5) is 11.4 Å². The summed E-state index contributed by atoms with van der Waals surface area (Å²) in [7, 11) is 1.56. The van der Waals surface area contributed by atoms with Crippen LogP contribution in [0.3, 0.4) is 0 Å². The number of nitrogens with zero attached hydrogens (tertiary/aromatic N) is 1. The Morgan fingerprint density at radius 1 is 1.50 bits per heavy atom. The number of methoxy groups -OCH3 is 1. The lowest BCUT2D eigenvalue weighted by Gasteiger charge is -2.19. The molecule has 0 aromatic heterocycles. The number of benzene rings is 1. The first-order valence-corrected chi connectivity index (χ1v) is 7.82. The second-order valence-electron chi connectivity index (χ2n) is 4.52. The van der Waals surface area contributed by atoms with Gasteiger partial charge in [0.2, 0.25) is 11.8 Å². The Hall–Kier alpha value is -1.69. The van der Waals surface area contributed by atoms with E-state index in [0.717, 1.165) is 12.1 Å². The van der Waals surface area contributed by atoms with E-state index in [1.807, 2.05) is 12.3 Å². The molecule has 0 atom stereocenters. The smallest absolute Gasteiger partial charge is 0.234 e. The summed E-state index contributed by atoms with van der Waals surface area (Å²) in [5, 5.41) is 2.80. The maximum absolute atomic E-state index is 11.8. The van der Waals surface area contributed by atoms with Gasteiger partial charge in [-0.05, 0) is 24.8 Å². The Kier molecular flexibility index (Phi) is 4.89. The highest BCUT2D eigenvalue weighted by Crippen LogP contribution is 2.33. The topological polar surface area (TPSA) is 58.6 Å². The molecule has 1 aliphatic rings. The van der Waals surface area contributed by atoms with Crippen LogP contribution in [0.25, 0.3) is 0 Å². The number of hydrogen-bond acceptors (Lipinski definition) is 4. The molecular weight excluding hydrogens is 276 g/mol. The third-order valence-corrected chi connectivity index (χ3v) is 3.65. The molecule has 1 saturated heterocycles. The standard InChI is InChI=1S/C14H18N2O3S/c1-19-12-8-10(15-13(17)9-20-2)5-6-11(12)16-7-3-4-14(16)18/h5-6,8H,3-4,7,9H2,1-2H3,(H,15,17). The van der Waals surface area contributed by atoms with Crippen molar-refractivity contribution in [3.05, 3.63) is 18.2 Å². The first kappa shape index (κ1) is 14.7. The average molecular weight is 294 g/mol. The number of rotatable bonds is 5. The van der Waals surface area contributed by atoms with Crippen molar-refractivity contribution < 1.29 is 14.3 Å². The molecule has 1 aromatic carbocycles. The molecule has 0 radical (unpaired) electrons. The number of nitrogens with one attached hydrogen (secondary N) is 1. The zero-order valence-corrected chi connectivity index (χ0v) is 12.5. The van der Waals surface area contributed by atoms with Crippen LogP contribution in [0.1, 0.15) is 12.8 Å². The summed E-state index contributed by atoms with van der Waals surface area (Å²) in [6.07, 6.45) is 3.33. The molecule has 2 rings (SSSR count). The number of anilines is 2. The molecule has 1 heterocycles. The van der Waals surface area contributed by atoms with Gasteiger partial charge in [0.15, 0.2) is 0 Å². The van der Waals surface area contributed by atoms with E-state index in [9.17, 15) is 9.59 Å². The maximum atomic E-state index is 11.8. The lowest BCUT2D eigenvalue weighted by Crippen LogP contribution is -2.24. The number of ether oxygens (including phenoxy) is 1. The fourth-order valence-corrected chi connectivity index (χ4v) is 2.54. The van der Waals surface area contributed by atoms with Gasteiger partial charge in [-0.15, -0.1) is 0 Å². The molecular formula is C14H18N2O3S. The van der Waals surface area contributed by atoms with Crippen LogP contribution in [0.15, 0.2) is 18.2 Å². The summed E-state index contributed by atoms with van der Waals surface area (Å²) >= 11 is 1.47. The van der Waals surface area contributed by atoms with Crippen molar-refractivity contribution in [1.29, 1.82) is 0 Å². The number of carbonyl (C=O) groups excluding carboxylic acids is 2. The van der Waals surface area contributed by atoms with Crippen LogP contribution in [0.5, 0.6) is 5.75 Å². The Morgan fingerprint density at radius 3 is 2.90 bits per heavy atom. The predicted molar refractivity (Wildman–Crippen MR) is 81.6 cm³/mol. The molecule has 5 nitrogen and oxygen atoms in total. The highest BCUT2D eigenvalue weighted by atomic mass is 32.2. The molecule has 1 aliphatic heterocycles. The summed E-state index contributed by atoms with van der Waals surface area (Å²) in [5.74, 6) is 1.07. The fraction of sp³-hybridized carbons (Fsp3) is 0.429. The van der Waals surface area contributed by atoms with E-state index in [1.165, 1.54) is 11.8 Å². The van der Waals surface area contributed by atoms with Crippen LogP contribution in [0, 0.1) is 0 Å². The van der Waals surface area contributed by atoms with Gasteiger partial charge in [-0.3, -0.25) is 9.59 Å². The summed E-state index contributed by atoms with van der Waals surface area (Å²) in [4.78, 5) is 25.1. The van der Waals surface area contributed by atoms with Crippen molar-refractivity contribution in [2.24, 2.45) is 0 Å². The number of carbonyl (C=O) groups is 2. The number of thioether (sulfide) groups is 1. The fourth-order valence-electron chi connectivity index (χ4n) is 2.21. The van der Waals surface area contributed by atoms with Crippen LogP contribution < -0.4 is 15.0 Å². The molecule has 1 fully saturated rings. The van der Waals surface area contributed by atoms with Crippen LogP contribution in [-0.4, -0.2) is 37.5 Å². The quantitative estimate of drug-likeness (QED) is 0.903. The predicted octanol–water partition coefficient (Wildman–Crippen LogP) is 2.12. The highest BCUT2D eigenvalue weighted by molar-refractivity contribution is 7.99. The third kappa shape index (κ3) is 3.25. The van der Waals surface area contributed by atoms with Gasteiger partial charge in [-0.2, -0.15) is 11.8 Å². The minimum absolute atomic E-state index is 0.0513. The van der Waals surface area contributed by atoms with Crippen LogP contribution in [-0.2, 0) is 9.59 Å². The minimum Gasteiger partial charge on any atom is -0.494 e. The summed E-state index contributed by atoms with van der Waals surface area (Å²) in [6.45, 7) is 0.716. The van der Waals surface area contributed by atoms with Crippen LogP contribution >= 0.6 is 11.8 Å². The molecule has 108 valence electrons. The molecule has 1 N–H and O–H groups in total. The van der Waals surface area contributed by atoms with E-state index in [0.29, 0.717) is 30.2 Å². The zero-order valence-electron chi connectivity index (χ0n) is 11.6. The zero-order chi connectivity index (χ0) is 14.5. The monoisotopic (exact) mass is 294 g/mol. The van der Waals surface area contributed by atoms with Gasteiger partial charge >= 0.3 is 0 Å². The molecule has 1 aromatic rings. The molecule has 20 heavy (non-hydrogen) atoms. The van der Waals surface area contributed by atoms with E-state index in [2.05, 4.69) is 5.32 Å². The molecule has 0 bridgehead atoms. The van der Waals surface area contributed by atoms with Gasteiger partial charge in [0.1, 0.15) is 5.75 Å². The minimum atomic E-state index is -0.0513. The van der Waals surface area contributed by atoms with E-state index in [-0.39, 0.29) is 11.8 Å². The molecule has 0 spiro atoms. The Morgan fingerprint density at radius 2 is 2.30 bits per heavy atom. The van der Waals surface area contributed by atoms with Crippen molar-refractivity contribution in [2.45, 2.75) is 12.8 Å². The summed E-state index contributed by atoms with van der Waals surface area (Å²) in [5.41, 5.74) is 1.44. The van der Waals surface area contributed by atoms with Crippen molar-refractivity contribution in [3.63, 3.8) is 0 Å². The Bertz CT molecular complexity index is 519. The van der Waals surface area contributed by atoms with Crippen molar-refractivity contribution in [2.75, 3.05) is 35.9 Å². The molecule has 0 aliphatic carbocycles. The summed E-state index contributed by atoms with van der Waals surface area (Å²) in [6, 6.07) is 5.36. The van der Waals surface area contributed by atoms with Gasteiger partial charge < -0.3 is 15.0 Å². The van der Waals surface area contributed by atoms with Crippen molar-refractivity contribution in [3.8, 4) is 5.75 Å². The van der Waals surface area contributed by atoms with Gasteiger partial charge in [0.05, 0.1) is 18.6 Å². The normalized spacial score (nSPS) is 14.5. The van der Waals surface area contributed by atoms with Gasteiger partial charge in [0.25, 0.3) is 0 Å². The Labute approximate surface area is 122 Å². The average Bonchev–Trinajstić information content (AvgIpc) is 2.85. The number of hydrogen-bond donors (Lipinski definition) is 1. The lowest BCUT2D eigenvalue weighted by molar-refractivity contribution is -0.117. The highest BCUT2D eigenvalue weighted by Gasteiger charge is 2.24. The first-order valence-electron chi connectivity index (χ1n) is 6.43. The van der Waals surface area contributed by atoms with E-state index in [1.54, 1.807) is 24.1 Å². The second kappa shape index (κ2) is 6.65.